The van der Waals surface area contributed by atoms with E-state index in [0.29, 0.717) is 24.5 Å². The minimum atomic E-state index is -0.537. The number of hydrogen-bond donors (Lipinski definition) is 2. The summed E-state index contributed by atoms with van der Waals surface area (Å²) in [5, 5.41) is 18.9. The molecule has 1 aromatic rings. The van der Waals surface area contributed by atoms with Crippen molar-refractivity contribution in [3.63, 3.8) is 0 Å². The van der Waals surface area contributed by atoms with E-state index in [1.807, 2.05) is 6.92 Å². The maximum Gasteiger partial charge on any atom is 0.129 e. The van der Waals surface area contributed by atoms with Crippen molar-refractivity contribution in [1.82, 2.24) is 0 Å². The summed E-state index contributed by atoms with van der Waals surface area (Å²) < 4.78 is 10.7. The monoisotopic (exact) mass is 224 g/mol. The van der Waals surface area contributed by atoms with Crippen LogP contribution in [0.15, 0.2) is 18.2 Å². The lowest BCUT2D eigenvalue weighted by atomic mass is 10.1. The Morgan fingerprint density at radius 3 is 3.12 bits per heavy atom. The molecule has 2 rings (SSSR count). The van der Waals surface area contributed by atoms with Gasteiger partial charge in [0.15, 0.2) is 0 Å². The second-order valence-electron chi connectivity index (χ2n) is 3.90. The second kappa shape index (κ2) is 4.72. The standard InChI is InChI=1S/C12H16O4/c1-2-8(13)6-15-9-3-4-10-11(14)7-16-12(10)5-9/h3-5,8,11,13-14H,2,6-7H2,1H3. The summed E-state index contributed by atoms with van der Waals surface area (Å²) in [6.07, 6.45) is -0.315. The van der Waals surface area contributed by atoms with Crippen molar-refractivity contribution in [3.8, 4) is 11.5 Å². The summed E-state index contributed by atoms with van der Waals surface area (Å²) >= 11 is 0. The number of hydrogen-bond acceptors (Lipinski definition) is 4. The summed E-state index contributed by atoms with van der Waals surface area (Å²) in [5.41, 5.74) is 0.795. The fraction of sp³-hybridized carbons (Fsp3) is 0.500. The van der Waals surface area contributed by atoms with Gasteiger partial charge < -0.3 is 19.7 Å². The average molecular weight is 224 g/mol. The van der Waals surface area contributed by atoms with Crippen molar-refractivity contribution in [1.29, 1.82) is 0 Å². The van der Waals surface area contributed by atoms with Gasteiger partial charge in [-0.3, -0.25) is 0 Å². The first-order valence-electron chi connectivity index (χ1n) is 5.46. The van der Waals surface area contributed by atoms with Gasteiger partial charge in [0.1, 0.15) is 30.8 Å². The molecular weight excluding hydrogens is 208 g/mol. The van der Waals surface area contributed by atoms with Gasteiger partial charge in [-0.2, -0.15) is 0 Å². The van der Waals surface area contributed by atoms with Crippen LogP contribution in [0.3, 0.4) is 0 Å². The molecule has 1 aliphatic heterocycles. The number of fused-ring (bicyclic) bond motifs is 1. The lowest BCUT2D eigenvalue weighted by Gasteiger charge is -2.11. The van der Waals surface area contributed by atoms with E-state index >= 15 is 0 Å². The molecule has 0 aliphatic carbocycles. The van der Waals surface area contributed by atoms with E-state index in [4.69, 9.17) is 9.47 Å². The van der Waals surface area contributed by atoms with E-state index in [1.165, 1.54) is 0 Å². The summed E-state index contributed by atoms with van der Waals surface area (Å²) in [6, 6.07) is 5.31. The first-order valence-corrected chi connectivity index (χ1v) is 5.46. The van der Waals surface area contributed by atoms with E-state index in [-0.39, 0.29) is 6.61 Å². The van der Waals surface area contributed by atoms with Crippen LogP contribution >= 0.6 is 0 Å². The van der Waals surface area contributed by atoms with Crippen LogP contribution in [-0.4, -0.2) is 29.5 Å². The van der Waals surface area contributed by atoms with E-state index < -0.39 is 12.2 Å². The molecule has 2 unspecified atom stereocenters. The zero-order valence-corrected chi connectivity index (χ0v) is 9.22. The Morgan fingerprint density at radius 1 is 1.56 bits per heavy atom. The number of aliphatic hydroxyl groups is 2. The highest BCUT2D eigenvalue weighted by Gasteiger charge is 2.22. The summed E-state index contributed by atoms with van der Waals surface area (Å²) in [4.78, 5) is 0. The fourth-order valence-corrected chi connectivity index (χ4v) is 1.57. The van der Waals surface area contributed by atoms with Crippen molar-refractivity contribution < 1.29 is 19.7 Å². The SMILES string of the molecule is CCC(O)COc1ccc2c(c1)OCC2O. The molecule has 0 spiro atoms. The van der Waals surface area contributed by atoms with Crippen LogP contribution in [0, 0.1) is 0 Å². The first-order chi connectivity index (χ1) is 7.70. The number of benzene rings is 1. The van der Waals surface area contributed by atoms with Crippen LogP contribution < -0.4 is 9.47 Å². The van der Waals surface area contributed by atoms with Crippen LogP contribution in [0.5, 0.6) is 11.5 Å². The van der Waals surface area contributed by atoms with E-state index in [2.05, 4.69) is 0 Å². The molecule has 1 heterocycles. The molecular formula is C12H16O4. The molecule has 1 aromatic carbocycles. The first kappa shape index (κ1) is 11.2. The van der Waals surface area contributed by atoms with Gasteiger partial charge in [0.2, 0.25) is 0 Å². The third-order valence-electron chi connectivity index (χ3n) is 2.65. The molecule has 4 heteroatoms. The average Bonchev–Trinajstić information content (AvgIpc) is 2.67. The summed E-state index contributed by atoms with van der Waals surface area (Å²) in [5.74, 6) is 1.32. The van der Waals surface area contributed by atoms with Crippen LogP contribution in [0.4, 0.5) is 0 Å². The number of ether oxygens (including phenoxy) is 2. The van der Waals surface area contributed by atoms with Gasteiger partial charge in [-0.25, -0.2) is 0 Å². The lowest BCUT2D eigenvalue weighted by molar-refractivity contribution is 0.104. The lowest BCUT2D eigenvalue weighted by Crippen LogP contribution is -2.15. The Balaban J connectivity index is 2.02. The Labute approximate surface area is 94.4 Å². The third-order valence-corrected chi connectivity index (χ3v) is 2.65. The second-order valence-corrected chi connectivity index (χ2v) is 3.90. The molecule has 0 fully saturated rings. The minimum absolute atomic E-state index is 0.276. The van der Waals surface area contributed by atoms with E-state index in [1.54, 1.807) is 18.2 Å². The molecule has 2 atom stereocenters. The molecule has 0 saturated carbocycles. The van der Waals surface area contributed by atoms with Crippen molar-refractivity contribution in [2.45, 2.75) is 25.6 Å². The molecule has 1 aliphatic rings. The van der Waals surface area contributed by atoms with Gasteiger partial charge in [0.25, 0.3) is 0 Å². The maximum absolute atomic E-state index is 9.52. The quantitative estimate of drug-likeness (QED) is 0.808. The molecule has 16 heavy (non-hydrogen) atoms. The zero-order chi connectivity index (χ0) is 11.5. The van der Waals surface area contributed by atoms with Gasteiger partial charge in [0.05, 0.1) is 6.10 Å². The minimum Gasteiger partial charge on any atom is -0.491 e. The number of aliphatic hydroxyl groups excluding tert-OH is 2. The number of rotatable bonds is 4. The van der Waals surface area contributed by atoms with Gasteiger partial charge in [0, 0.05) is 11.6 Å². The van der Waals surface area contributed by atoms with E-state index in [0.717, 1.165) is 5.56 Å². The smallest absolute Gasteiger partial charge is 0.129 e. The van der Waals surface area contributed by atoms with Crippen molar-refractivity contribution in [2.75, 3.05) is 13.2 Å². The highest BCUT2D eigenvalue weighted by Crippen LogP contribution is 2.34. The van der Waals surface area contributed by atoms with Gasteiger partial charge in [-0.1, -0.05) is 6.92 Å². The molecule has 88 valence electrons. The van der Waals surface area contributed by atoms with Crippen LogP contribution in [0.2, 0.25) is 0 Å². The van der Waals surface area contributed by atoms with Crippen LogP contribution in [0.1, 0.15) is 25.0 Å². The maximum atomic E-state index is 9.52. The Morgan fingerprint density at radius 2 is 2.38 bits per heavy atom. The Bertz CT molecular complexity index is 364. The van der Waals surface area contributed by atoms with Gasteiger partial charge in [-0.15, -0.1) is 0 Å². The molecule has 2 N–H and O–H groups in total. The largest absolute Gasteiger partial charge is 0.491 e. The predicted molar refractivity (Wildman–Crippen MR) is 58.7 cm³/mol. The molecule has 0 radical (unpaired) electrons. The normalized spacial score (nSPS) is 20.1. The highest BCUT2D eigenvalue weighted by atomic mass is 16.5. The molecule has 0 amide bonds. The molecule has 0 bridgehead atoms. The van der Waals surface area contributed by atoms with Crippen LogP contribution in [0.25, 0.3) is 0 Å². The van der Waals surface area contributed by atoms with Crippen molar-refractivity contribution in [3.05, 3.63) is 23.8 Å². The predicted octanol–water partition coefficient (Wildman–Crippen LogP) is 1.26. The summed E-state index contributed by atoms with van der Waals surface area (Å²) in [7, 11) is 0. The Hall–Kier alpha value is -1.26. The topological polar surface area (TPSA) is 58.9 Å². The van der Waals surface area contributed by atoms with Gasteiger partial charge in [-0.05, 0) is 18.6 Å². The van der Waals surface area contributed by atoms with E-state index in [9.17, 15) is 10.2 Å². The molecule has 0 saturated heterocycles. The Kier molecular flexibility index (Phi) is 3.31. The highest BCUT2D eigenvalue weighted by molar-refractivity contribution is 5.44. The van der Waals surface area contributed by atoms with Crippen LogP contribution in [-0.2, 0) is 0 Å². The fourth-order valence-electron chi connectivity index (χ4n) is 1.57. The third kappa shape index (κ3) is 2.28. The molecule has 4 nitrogen and oxygen atoms in total. The van der Waals surface area contributed by atoms with Gasteiger partial charge >= 0.3 is 0 Å². The van der Waals surface area contributed by atoms with Crippen molar-refractivity contribution >= 4 is 0 Å². The zero-order valence-electron chi connectivity index (χ0n) is 9.22. The summed E-state index contributed by atoms with van der Waals surface area (Å²) in [6.45, 7) is 2.48. The van der Waals surface area contributed by atoms with Crippen molar-refractivity contribution in [2.24, 2.45) is 0 Å². The molecule has 0 aromatic heterocycles.